The summed E-state index contributed by atoms with van der Waals surface area (Å²) in [4.78, 5) is 11.1. The van der Waals surface area contributed by atoms with Gasteiger partial charge in [-0.15, -0.1) is 0 Å². The van der Waals surface area contributed by atoms with Gasteiger partial charge < -0.3 is 9.84 Å². The SMILES string of the molecule is C/C=C1\COC(=O)\C1=C(/O)CC. The molecule has 1 N–H and O–H groups in total. The van der Waals surface area contributed by atoms with Gasteiger partial charge >= 0.3 is 5.97 Å². The lowest BCUT2D eigenvalue weighted by atomic mass is 10.1. The van der Waals surface area contributed by atoms with E-state index in [4.69, 9.17) is 4.74 Å². The lowest BCUT2D eigenvalue weighted by Crippen LogP contribution is -1.99. The van der Waals surface area contributed by atoms with Crippen LogP contribution in [0.15, 0.2) is 23.0 Å². The molecule has 1 aliphatic heterocycles. The first kappa shape index (κ1) is 8.84. The van der Waals surface area contributed by atoms with Crippen molar-refractivity contribution in [1.82, 2.24) is 0 Å². The predicted octanol–water partition coefficient (Wildman–Crippen LogP) is 1.71. The smallest absolute Gasteiger partial charge is 0.342 e. The number of esters is 1. The van der Waals surface area contributed by atoms with Crippen LogP contribution in [0.5, 0.6) is 0 Å². The maximum Gasteiger partial charge on any atom is 0.342 e. The highest BCUT2D eigenvalue weighted by molar-refractivity contribution is 5.96. The Kier molecular flexibility index (Phi) is 2.53. The molecule has 12 heavy (non-hydrogen) atoms. The molecular formula is C9H12O3. The molecular weight excluding hydrogens is 156 g/mol. The van der Waals surface area contributed by atoms with Crippen molar-refractivity contribution in [2.45, 2.75) is 20.3 Å². The topological polar surface area (TPSA) is 46.5 Å². The van der Waals surface area contributed by atoms with Crippen molar-refractivity contribution >= 4 is 5.97 Å². The van der Waals surface area contributed by atoms with Crippen molar-refractivity contribution in [3.05, 3.63) is 23.0 Å². The Morgan fingerprint density at radius 2 is 2.42 bits per heavy atom. The number of ether oxygens (including phenoxy) is 1. The number of cyclic esters (lactones) is 1. The van der Waals surface area contributed by atoms with Crippen molar-refractivity contribution in [3.63, 3.8) is 0 Å². The Balaban J connectivity index is 3.08. The van der Waals surface area contributed by atoms with Gasteiger partial charge in [0.25, 0.3) is 0 Å². The number of hydrogen-bond donors (Lipinski definition) is 1. The van der Waals surface area contributed by atoms with E-state index in [1.54, 1.807) is 13.0 Å². The van der Waals surface area contributed by atoms with Gasteiger partial charge in [-0.1, -0.05) is 13.0 Å². The first-order valence-corrected chi connectivity index (χ1v) is 3.95. The first-order valence-electron chi connectivity index (χ1n) is 3.95. The maximum atomic E-state index is 11.1. The highest BCUT2D eigenvalue weighted by Gasteiger charge is 2.26. The molecule has 1 saturated heterocycles. The third-order valence-electron chi connectivity index (χ3n) is 1.86. The molecule has 0 radical (unpaired) electrons. The van der Waals surface area contributed by atoms with E-state index in [2.05, 4.69) is 0 Å². The van der Waals surface area contributed by atoms with Crippen LogP contribution in [-0.4, -0.2) is 17.7 Å². The Morgan fingerprint density at radius 1 is 1.75 bits per heavy atom. The van der Waals surface area contributed by atoms with E-state index in [1.165, 1.54) is 0 Å². The summed E-state index contributed by atoms with van der Waals surface area (Å²) in [7, 11) is 0. The van der Waals surface area contributed by atoms with Crippen LogP contribution in [-0.2, 0) is 9.53 Å². The average molecular weight is 168 g/mol. The zero-order valence-corrected chi connectivity index (χ0v) is 7.26. The van der Waals surface area contributed by atoms with Crippen LogP contribution >= 0.6 is 0 Å². The van der Waals surface area contributed by atoms with Gasteiger partial charge in [-0.05, 0) is 6.92 Å². The molecule has 0 unspecified atom stereocenters. The van der Waals surface area contributed by atoms with E-state index >= 15 is 0 Å². The molecule has 1 heterocycles. The third kappa shape index (κ3) is 1.35. The van der Waals surface area contributed by atoms with Gasteiger partial charge in [-0.2, -0.15) is 0 Å². The molecule has 0 bridgehead atoms. The summed E-state index contributed by atoms with van der Waals surface area (Å²) in [6.45, 7) is 3.90. The molecule has 0 aromatic heterocycles. The molecule has 0 spiro atoms. The standard InChI is InChI=1S/C9H12O3/c1-3-6-5-12-9(11)8(6)7(10)4-2/h3,10H,4-5H2,1-2H3/b6-3+,8-7-. The molecule has 0 atom stereocenters. The molecule has 0 amide bonds. The van der Waals surface area contributed by atoms with Crippen LogP contribution in [0, 0.1) is 0 Å². The van der Waals surface area contributed by atoms with Gasteiger partial charge in [0.15, 0.2) is 0 Å². The molecule has 0 aromatic carbocycles. The monoisotopic (exact) mass is 168 g/mol. The minimum absolute atomic E-state index is 0.116. The number of aliphatic hydroxyl groups excluding tert-OH is 1. The Morgan fingerprint density at radius 3 is 2.92 bits per heavy atom. The second-order valence-corrected chi connectivity index (χ2v) is 2.57. The van der Waals surface area contributed by atoms with Crippen molar-refractivity contribution < 1.29 is 14.6 Å². The molecule has 1 rings (SSSR count). The van der Waals surface area contributed by atoms with E-state index in [9.17, 15) is 9.90 Å². The summed E-state index contributed by atoms with van der Waals surface area (Å²) < 4.78 is 4.77. The molecule has 3 nitrogen and oxygen atoms in total. The highest BCUT2D eigenvalue weighted by atomic mass is 16.5. The van der Waals surface area contributed by atoms with Gasteiger partial charge in [0.1, 0.15) is 17.9 Å². The minimum Gasteiger partial charge on any atom is -0.511 e. The van der Waals surface area contributed by atoms with E-state index in [0.29, 0.717) is 12.0 Å². The van der Waals surface area contributed by atoms with Crippen LogP contribution in [0.25, 0.3) is 0 Å². The van der Waals surface area contributed by atoms with E-state index in [1.807, 2.05) is 6.92 Å². The number of allylic oxidation sites excluding steroid dienone is 2. The zero-order valence-electron chi connectivity index (χ0n) is 7.26. The third-order valence-corrected chi connectivity index (χ3v) is 1.86. The van der Waals surface area contributed by atoms with E-state index in [-0.39, 0.29) is 12.4 Å². The van der Waals surface area contributed by atoms with Crippen LogP contribution in [0.2, 0.25) is 0 Å². The maximum absolute atomic E-state index is 11.1. The summed E-state index contributed by atoms with van der Waals surface area (Å²) >= 11 is 0. The normalized spacial score (nSPS) is 24.5. The van der Waals surface area contributed by atoms with Crippen LogP contribution in [0.1, 0.15) is 20.3 Å². The second kappa shape index (κ2) is 3.43. The Labute approximate surface area is 71.3 Å². The van der Waals surface area contributed by atoms with Crippen molar-refractivity contribution in [3.8, 4) is 0 Å². The molecule has 0 aromatic rings. The van der Waals surface area contributed by atoms with Gasteiger partial charge in [-0.25, -0.2) is 4.79 Å². The molecule has 3 heteroatoms. The highest BCUT2D eigenvalue weighted by Crippen LogP contribution is 2.23. The zero-order chi connectivity index (χ0) is 9.14. The molecule has 66 valence electrons. The molecule has 1 aliphatic rings. The number of hydrogen-bond acceptors (Lipinski definition) is 3. The number of carbonyl (C=O) groups is 1. The van der Waals surface area contributed by atoms with Gasteiger partial charge in [0.05, 0.1) is 0 Å². The van der Waals surface area contributed by atoms with Crippen molar-refractivity contribution in [2.75, 3.05) is 6.61 Å². The summed E-state index contributed by atoms with van der Waals surface area (Å²) in [5, 5.41) is 9.37. The van der Waals surface area contributed by atoms with Crippen molar-refractivity contribution in [2.24, 2.45) is 0 Å². The van der Waals surface area contributed by atoms with Crippen LogP contribution in [0.3, 0.4) is 0 Å². The fourth-order valence-corrected chi connectivity index (χ4v) is 1.13. The lowest BCUT2D eigenvalue weighted by Gasteiger charge is -1.98. The number of carbonyl (C=O) groups excluding carboxylic acids is 1. The largest absolute Gasteiger partial charge is 0.511 e. The Bertz CT molecular complexity index is 261. The molecule has 0 saturated carbocycles. The van der Waals surface area contributed by atoms with Gasteiger partial charge in [0.2, 0.25) is 0 Å². The van der Waals surface area contributed by atoms with Crippen molar-refractivity contribution in [1.29, 1.82) is 0 Å². The van der Waals surface area contributed by atoms with Gasteiger partial charge in [0, 0.05) is 12.0 Å². The van der Waals surface area contributed by atoms with Crippen LogP contribution < -0.4 is 0 Å². The number of aliphatic hydroxyl groups is 1. The van der Waals surface area contributed by atoms with Gasteiger partial charge in [-0.3, -0.25) is 0 Å². The summed E-state index contributed by atoms with van der Waals surface area (Å²) in [5.41, 5.74) is 1.12. The predicted molar refractivity (Wildman–Crippen MR) is 44.7 cm³/mol. The van der Waals surface area contributed by atoms with Crippen LogP contribution in [0.4, 0.5) is 0 Å². The quantitative estimate of drug-likeness (QED) is 0.368. The van der Waals surface area contributed by atoms with E-state index < -0.39 is 5.97 Å². The fourth-order valence-electron chi connectivity index (χ4n) is 1.13. The summed E-state index contributed by atoms with van der Waals surface area (Å²) in [5.74, 6) is -0.298. The van der Waals surface area contributed by atoms with E-state index in [0.717, 1.165) is 5.57 Å². The second-order valence-electron chi connectivity index (χ2n) is 2.57. The summed E-state index contributed by atoms with van der Waals surface area (Å²) in [6, 6.07) is 0. The average Bonchev–Trinajstić information content (AvgIpc) is 2.45. The minimum atomic E-state index is -0.414. The molecule has 0 aliphatic carbocycles. The molecule has 1 fully saturated rings. The first-order chi connectivity index (χ1) is 5.70. The number of rotatable bonds is 1. The Hall–Kier alpha value is -1.25. The summed E-state index contributed by atoms with van der Waals surface area (Å²) in [6.07, 6.45) is 2.24. The fraction of sp³-hybridized carbons (Fsp3) is 0.444. The lowest BCUT2D eigenvalue weighted by molar-refractivity contribution is -0.135.